The van der Waals surface area contributed by atoms with Crippen LogP contribution in [0.3, 0.4) is 0 Å². The molecule has 0 saturated heterocycles. The molecule has 0 aliphatic rings. The van der Waals surface area contributed by atoms with Gasteiger partial charge in [0.2, 0.25) is 5.91 Å². The number of anilines is 1. The van der Waals surface area contributed by atoms with Crippen molar-refractivity contribution < 1.29 is 9.18 Å². The van der Waals surface area contributed by atoms with E-state index < -0.39 is 6.04 Å². The molecular weight excluding hydrogens is 297 g/mol. The number of nitrogens with two attached hydrogens (primary N) is 1. The number of nitrogens with zero attached hydrogens (tertiary/aromatic N) is 1. The third-order valence-corrected chi connectivity index (χ3v) is 3.48. The van der Waals surface area contributed by atoms with Gasteiger partial charge in [-0.05, 0) is 36.2 Å². The van der Waals surface area contributed by atoms with Gasteiger partial charge in [-0.2, -0.15) is 0 Å². The molecule has 0 saturated carbocycles. The summed E-state index contributed by atoms with van der Waals surface area (Å²) in [6.45, 7) is 2.23. The van der Waals surface area contributed by atoms with Gasteiger partial charge in [0.1, 0.15) is 11.5 Å². The van der Waals surface area contributed by atoms with Gasteiger partial charge >= 0.3 is 0 Å². The number of pyridine rings is 1. The maximum Gasteiger partial charge on any atom is 0.274 e. The monoisotopic (exact) mass is 317 g/mol. The molecule has 0 radical (unpaired) electrons. The summed E-state index contributed by atoms with van der Waals surface area (Å²) in [5, 5.41) is 2.57. The Labute approximate surface area is 133 Å². The van der Waals surface area contributed by atoms with Crippen molar-refractivity contribution in [2.75, 3.05) is 5.32 Å². The van der Waals surface area contributed by atoms with Crippen LogP contribution >= 0.6 is 0 Å². The molecule has 3 N–H and O–H groups in total. The van der Waals surface area contributed by atoms with Gasteiger partial charge in [0.05, 0.1) is 12.6 Å². The van der Waals surface area contributed by atoms with E-state index in [0.717, 1.165) is 12.0 Å². The Morgan fingerprint density at radius 1 is 1.30 bits per heavy atom. The molecule has 6 heteroatoms. The molecule has 1 aromatic carbocycles. The van der Waals surface area contributed by atoms with E-state index in [2.05, 4.69) is 5.32 Å². The Morgan fingerprint density at radius 2 is 2.00 bits per heavy atom. The molecule has 23 heavy (non-hydrogen) atoms. The second kappa shape index (κ2) is 7.69. The van der Waals surface area contributed by atoms with E-state index in [9.17, 15) is 14.0 Å². The highest BCUT2D eigenvalue weighted by atomic mass is 19.1. The van der Waals surface area contributed by atoms with Crippen molar-refractivity contribution in [2.45, 2.75) is 32.4 Å². The Hall–Kier alpha value is -2.47. The van der Waals surface area contributed by atoms with Crippen molar-refractivity contribution in [2.24, 2.45) is 5.73 Å². The van der Waals surface area contributed by atoms with E-state index in [4.69, 9.17) is 5.73 Å². The Morgan fingerprint density at radius 3 is 2.65 bits per heavy atom. The number of hydrogen-bond donors (Lipinski definition) is 2. The molecule has 2 aromatic rings. The van der Waals surface area contributed by atoms with Gasteiger partial charge in [0.15, 0.2) is 0 Å². The van der Waals surface area contributed by atoms with Crippen LogP contribution in [0.5, 0.6) is 0 Å². The summed E-state index contributed by atoms with van der Waals surface area (Å²) in [6, 6.07) is 8.50. The highest BCUT2D eigenvalue weighted by molar-refractivity contribution is 5.94. The first-order valence-electron chi connectivity index (χ1n) is 7.51. The molecule has 1 amide bonds. The average molecular weight is 317 g/mol. The van der Waals surface area contributed by atoms with Gasteiger partial charge in [-0.1, -0.05) is 25.5 Å². The molecule has 1 aromatic heterocycles. The zero-order valence-corrected chi connectivity index (χ0v) is 13.0. The normalized spacial score (nSPS) is 12.0. The Bertz CT molecular complexity index is 725. The van der Waals surface area contributed by atoms with E-state index in [1.807, 2.05) is 6.92 Å². The lowest BCUT2D eigenvalue weighted by Crippen LogP contribution is -2.37. The van der Waals surface area contributed by atoms with Crippen LogP contribution in [-0.4, -0.2) is 16.5 Å². The van der Waals surface area contributed by atoms with Gasteiger partial charge < -0.3 is 15.6 Å². The predicted molar refractivity (Wildman–Crippen MR) is 87.7 cm³/mol. The Kier molecular flexibility index (Phi) is 5.65. The van der Waals surface area contributed by atoms with Crippen molar-refractivity contribution >= 4 is 11.6 Å². The number of hydrogen-bond acceptors (Lipinski definition) is 3. The first-order chi connectivity index (χ1) is 11.0. The van der Waals surface area contributed by atoms with Crippen molar-refractivity contribution in [3.8, 4) is 0 Å². The molecule has 122 valence electrons. The maximum absolute atomic E-state index is 12.9. The van der Waals surface area contributed by atoms with Crippen LogP contribution < -0.4 is 16.6 Å². The second-order valence-electron chi connectivity index (χ2n) is 5.37. The third-order valence-electron chi connectivity index (χ3n) is 3.48. The molecule has 0 aliphatic heterocycles. The van der Waals surface area contributed by atoms with E-state index in [0.29, 0.717) is 13.0 Å². The fraction of sp³-hybridized carbons (Fsp3) is 0.294. The van der Waals surface area contributed by atoms with Crippen LogP contribution in [0.2, 0.25) is 0 Å². The summed E-state index contributed by atoms with van der Waals surface area (Å²) in [6.07, 6.45) is 2.97. The quantitative estimate of drug-likeness (QED) is 0.856. The van der Waals surface area contributed by atoms with E-state index >= 15 is 0 Å². The molecule has 1 unspecified atom stereocenters. The zero-order valence-electron chi connectivity index (χ0n) is 13.0. The summed E-state index contributed by atoms with van der Waals surface area (Å²) in [7, 11) is 0. The highest BCUT2D eigenvalue weighted by Crippen LogP contribution is 2.06. The largest absolute Gasteiger partial charge is 0.320 e. The molecule has 0 aliphatic carbocycles. The molecule has 5 nitrogen and oxygen atoms in total. The number of carbonyl (C=O) groups is 1. The zero-order chi connectivity index (χ0) is 16.8. The van der Waals surface area contributed by atoms with E-state index in [1.54, 1.807) is 30.5 Å². The van der Waals surface area contributed by atoms with Gasteiger partial charge in [-0.3, -0.25) is 9.59 Å². The molecule has 1 heterocycles. The minimum Gasteiger partial charge on any atom is -0.320 e. The maximum atomic E-state index is 12.9. The summed E-state index contributed by atoms with van der Waals surface area (Å²) in [5.41, 5.74) is 6.40. The minimum absolute atomic E-state index is 0.186. The first kappa shape index (κ1) is 16.9. The predicted octanol–water partition coefficient (Wildman–Crippen LogP) is 2.10. The van der Waals surface area contributed by atoms with Crippen molar-refractivity contribution in [1.29, 1.82) is 0 Å². The summed E-state index contributed by atoms with van der Waals surface area (Å²) in [4.78, 5) is 24.3. The Balaban J connectivity index is 2.16. The standard InChI is InChI=1S/C17H20FN3O2/c1-2-4-14(19)16(22)20-15-5-3-10-21(17(15)23)11-12-6-8-13(18)9-7-12/h3,5-10,14H,2,4,11,19H2,1H3,(H,20,22). The SMILES string of the molecule is CCCC(N)C(=O)Nc1cccn(Cc2ccc(F)cc2)c1=O. The smallest absolute Gasteiger partial charge is 0.274 e. The van der Waals surface area contributed by atoms with Gasteiger partial charge in [0.25, 0.3) is 5.56 Å². The fourth-order valence-corrected chi connectivity index (χ4v) is 2.21. The van der Waals surface area contributed by atoms with Crippen LogP contribution in [0.25, 0.3) is 0 Å². The number of amides is 1. The van der Waals surface area contributed by atoms with Crippen molar-refractivity contribution in [3.63, 3.8) is 0 Å². The van der Waals surface area contributed by atoms with Gasteiger partial charge in [-0.15, -0.1) is 0 Å². The van der Waals surface area contributed by atoms with Crippen molar-refractivity contribution in [1.82, 2.24) is 4.57 Å². The lowest BCUT2D eigenvalue weighted by atomic mass is 10.1. The number of aromatic nitrogens is 1. The fourth-order valence-electron chi connectivity index (χ4n) is 2.21. The van der Waals surface area contributed by atoms with Crippen LogP contribution in [0.4, 0.5) is 10.1 Å². The number of rotatable bonds is 6. The van der Waals surface area contributed by atoms with Crippen LogP contribution in [0.1, 0.15) is 25.3 Å². The number of halogens is 1. The summed E-state index contributed by atoms with van der Waals surface area (Å²) >= 11 is 0. The van der Waals surface area contributed by atoms with Gasteiger partial charge in [0, 0.05) is 6.20 Å². The van der Waals surface area contributed by atoms with Crippen molar-refractivity contribution in [3.05, 3.63) is 64.3 Å². The highest BCUT2D eigenvalue weighted by Gasteiger charge is 2.14. The molecular formula is C17H20FN3O2. The van der Waals surface area contributed by atoms with Crippen LogP contribution in [0, 0.1) is 5.82 Å². The molecule has 0 bridgehead atoms. The second-order valence-corrected chi connectivity index (χ2v) is 5.37. The lowest BCUT2D eigenvalue weighted by molar-refractivity contribution is -0.117. The molecule has 0 fully saturated rings. The van der Waals surface area contributed by atoms with Gasteiger partial charge in [-0.25, -0.2) is 4.39 Å². The van der Waals surface area contributed by atoms with Crippen LogP contribution in [-0.2, 0) is 11.3 Å². The topological polar surface area (TPSA) is 77.1 Å². The number of benzene rings is 1. The van der Waals surface area contributed by atoms with Crippen LogP contribution in [0.15, 0.2) is 47.4 Å². The first-order valence-corrected chi connectivity index (χ1v) is 7.51. The summed E-state index contributed by atoms with van der Waals surface area (Å²) in [5.74, 6) is -0.699. The molecule has 1 atom stereocenters. The minimum atomic E-state index is -0.634. The van der Waals surface area contributed by atoms with E-state index in [1.165, 1.54) is 16.7 Å². The molecule has 0 spiro atoms. The number of carbonyl (C=O) groups excluding carboxylic acids is 1. The third kappa shape index (κ3) is 4.50. The van der Waals surface area contributed by atoms with E-state index in [-0.39, 0.29) is 23.0 Å². The lowest BCUT2D eigenvalue weighted by Gasteiger charge is -2.12. The summed E-state index contributed by atoms with van der Waals surface area (Å²) < 4.78 is 14.4. The average Bonchev–Trinajstić information content (AvgIpc) is 2.53. The number of nitrogens with one attached hydrogen (secondary N) is 1. The molecule has 2 rings (SSSR count).